The normalized spacial score (nSPS) is 17.2. The van der Waals surface area contributed by atoms with E-state index in [0.29, 0.717) is 11.8 Å². The summed E-state index contributed by atoms with van der Waals surface area (Å²) in [5, 5.41) is 14.3. The van der Waals surface area contributed by atoms with Crippen molar-refractivity contribution in [2.24, 2.45) is 0 Å². The van der Waals surface area contributed by atoms with Gasteiger partial charge >= 0.3 is 0 Å². The summed E-state index contributed by atoms with van der Waals surface area (Å²) >= 11 is 0. The molecule has 0 saturated carbocycles. The molecule has 2 heterocycles. The van der Waals surface area contributed by atoms with Crippen LogP contribution in [0.5, 0.6) is 5.75 Å². The highest BCUT2D eigenvalue weighted by Crippen LogP contribution is 2.18. The zero-order chi connectivity index (χ0) is 15.2. The van der Waals surface area contributed by atoms with Crippen molar-refractivity contribution in [2.75, 3.05) is 30.9 Å². The lowest BCUT2D eigenvalue weighted by molar-refractivity contribution is 0.120. The first-order valence-electron chi connectivity index (χ1n) is 7.30. The van der Waals surface area contributed by atoms with E-state index in [4.69, 9.17) is 9.47 Å². The van der Waals surface area contributed by atoms with E-state index in [0.717, 1.165) is 37.4 Å². The van der Waals surface area contributed by atoms with Gasteiger partial charge in [0.1, 0.15) is 5.75 Å². The number of hydrogen-bond donors (Lipinski definition) is 2. The fourth-order valence-corrected chi connectivity index (χ4v) is 2.27. The fraction of sp³-hybridized carbons (Fsp3) is 0.400. The second-order valence-electron chi connectivity index (χ2n) is 5.03. The van der Waals surface area contributed by atoms with E-state index in [1.165, 1.54) is 0 Å². The first kappa shape index (κ1) is 14.5. The Morgan fingerprint density at radius 3 is 2.91 bits per heavy atom. The minimum Gasteiger partial charge on any atom is -0.497 e. The van der Waals surface area contributed by atoms with Crippen molar-refractivity contribution in [1.29, 1.82) is 0 Å². The van der Waals surface area contributed by atoms with Crippen LogP contribution in [0, 0.1) is 0 Å². The molecule has 22 heavy (non-hydrogen) atoms. The molecule has 0 bridgehead atoms. The SMILES string of the molecule is COc1ccc(Nc2nncc(NCC3CCCO3)n2)cc1. The molecule has 1 saturated heterocycles. The minimum absolute atomic E-state index is 0.257. The van der Waals surface area contributed by atoms with Crippen LogP contribution in [0.4, 0.5) is 17.5 Å². The van der Waals surface area contributed by atoms with Crippen molar-refractivity contribution < 1.29 is 9.47 Å². The van der Waals surface area contributed by atoms with Crippen LogP contribution in [-0.4, -0.2) is 41.5 Å². The average molecular weight is 301 g/mol. The van der Waals surface area contributed by atoms with Crippen LogP contribution in [0.25, 0.3) is 0 Å². The van der Waals surface area contributed by atoms with Gasteiger partial charge in [0.25, 0.3) is 0 Å². The molecule has 1 aromatic carbocycles. The smallest absolute Gasteiger partial charge is 0.249 e. The van der Waals surface area contributed by atoms with Gasteiger partial charge in [0, 0.05) is 18.8 Å². The van der Waals surface area contributed by atoms with E-state index in [-0.39, 0.29) is 6.10 Å². The van der Waals surface area contributed by atoms with E-state index in [1.54, 1.807) is 13.3 Å². The third-order valence-electron chi connectivity index (χ3n) is 3.44. The molecule has 1 unspecified atom stereocenters. The van der Waals surface area contributed by atoms with E-state index in [9.17, 15) is 0 Å². The molecule has 116 valence electrons. The van der Waals surface area contributed by atoms with Crippen molar-refractivity contribution in [3.63, 3.8) is 0 Å². The lowest BCUT2D eigenvalue weighted by Crippen LogP contribution is -2.19. The second kappa shape index (κ2) is 7.04. The molecule has 0 radical (unpaired) electrons. The fourth-order valence-electron chi connectivity index (χ4n) is 2.27. The standard InChI is InChI=1S/C15H19N5O2/c1-21-12-6-4-11(5-7-12)18-15-19-14(10-17-20-15)16-9-13-3-2-8-22-13/h4-7,10,13H,2-3,8-9H2,1H3,(H2,16,18,19,20). The number of benzene rings is 1. The molecule has 7 heteroatoms. The Hall–Kier alpha value is -2.41. The van der Waals surface area contributed by atoms with Crippen LogP contribution in [0.2, 0.25) is 0 Å². The maximum atomic E-state index is 5.57. The molecular weight excluding hydrogens is 282 g/mol. The Morgan fingerprint density at radius 2 is 2.18 bits per heavy atom. The first-order valence-corrected chi connectivity index (χ1v) is 7.30. The Labute approximate surface area is 129 Å². The molecule has 2 N–H and O–H groups in total. The highest BCUT2D eigenvalue weighted by atomic mass is 16.5. The molecule has 1 aliphatic heterocycles. The molecule has 1 aromatic heterocycles. The zero-order valence-electron chi connectivity index (χ0n) is 12.5. The molecule has 1 fully saturated rings. The second-order valence-corrected chi connectivity index (χ2v) is 5.03. The summed E-state index contributed by atoms with van der Waals surface area (Å²) in [4.78, 5) is 4.39. The first-order chi connectivity index (χ1) is 10.8. The van der Waals surface area contributed by atoms with E-state index in [1.807, 2.05) is 24.3 Å². The Balaban J connectivity index is 1.59. The monoisotopic (exact) mass is 301 g/mol. The van der Waals surface area contributed by atoms with Gasteiger partial charge < -0.3 is 20.1 Å². The number of ether oxygens (including phenoxy) is 2. The summed E-state index contributed by atoms with van der Waals surface area (Å²) in [5.74, 6) is 1.93. The number of hydrogen-bond acceptors (Lipinski definition) is 7. The summed E-state index contributed by atoms with van der Waals surface area (Å²) in [6.07, 6.45) is 4.07. The van der Waals surface area contributed by atoms with E-state index in [2.05, 4.69) is 25.8 Å². The quantitative estimate of drug-likeness (QED) is 0.846. The van der Waals surface area contributed by atoms with Crippen molar-refractivity contribution in [1.82, 2.24) is 15.2 Å². The lowest BCUT2D eigenvalue weighted by Gasteiger charge is -2.11. The lowest BCUT2D eigenvalue weighted by atomic mass is 10.2. The molecule has 3 rings (SSSR count). The molecule has 7 nitrogen and oxygen atoms in total. The van der Waals surface area contributed by atoms with Gasteiger partial charge in [0.15, 0.2) is 5.82 Å². The molecule has 0 amide bonds. The van der Waals surface area contributed by atoms with Crippen LogP contribution in [0.3, 0.4) is 0 Å². The van der Waals surface area contributed by atoms with Gasteiger partial charge in [-0.05, 0) is 37.1 Å². The summed E-state index contributed by atoms with van der Waals surface area (Å²) in [7, 11) is 1.64. The largest absolute Gasteiger partial charge is 0.497 e. The van der Waals surface area contributed by atoms with Crippen LogP contribution < -0.4 is 15.4 Å². The van der Waals surface area contributed by atoms with E-state index < -0.39 is 0 Å². The summed E-state index contributed by atoms with van der Waals surface area (Å²) < 4.78 is 10.7. The summed E-state index contributed by atoms with van der Waals surface area (Å²) in [5.41, 5.74) is 0.874. The van der Waals surface area contributed by atoms with Crippen molar-refractivity contribution in [2.45, 2.75) is 18.9 Å². The molecule has 1 aliphatic rings. The predicted octanol–water partition coefficient (Wildman–Crippen LogP) is 2.21. The highest BCUT2D eigenvalue weighted by Gasteiger charge is 2.15. The molecule has 0 aliphatic carbocycles. The van der Waals surface area contributed by atoms with E-state index >= 15 is 0 Å². The van der Waals surface area contributed by atoms with Crippen molar-refractivity contribution in [3.8, 4) is 5.75 Å². The van der Waals surface area contributed by atoms with Gasteiger partial charge in [0.2, 0.25) is 5.95 Å². The Morgan fingerprint density at radius 1 is 1.32 bits per heavy atom. The number of rotatable bonds is 6. The van der Waals surface area contributed by atoms with Gasteiger partial charge in [-0.1, -0.05) is 0 Å². The van der Waals surface area contributed by atoms with Gasteiger partial charge in [-0.2, -0.15) is 10.1 Å². The number of anilines is 3. The van der Waals surface area contributed by atoms with Crippen LogP contribution >= 0.6 is 0 Å². The van der Waals surface area contributed by atoms with Crippen LogP contribution in [-0.2, 0) is 4.74 Å². The maximum absolute atomic E-state index is 5.57. The summed E-state index contributed by atoms with van der Waals surface area (Å²) in [6, 6.07) is 7.54. The zero-order valence-corrected chi connectivity index (χ0v) is 12.5. The van der Waals surface area contributed by atoms with Crippen LogP contribution in [0.15, 0.2) is 30.5 Å². The van der Waals surface area contributed by atoms with Gasteiger partial charge in [-0.3, -0.25) is 0 Å². The number of nitrogens with one attached hydrogen (secondary N) is 2. The number of nitrogens with zero attached hydrogens (tertiary/aromatic N) is 3. The topological polar surface area (TPSA) is 81.2 Å². The third kappa shape index (κ3) is 3.82. The Bertz CT molecular complexity index is 599. The third-order valence-corrected chi connectivity index (χ3v) is 3.44. The number of methoxy groups -OCH3 is 1. The molecule has 0 spiro atoms. The molecule has 2 aromatic rings. The average Bonchev–Trinajstić information content (AvgIpc) is 3.08. The van der Waals surface area contributed by atoms with Crippen LogP contribution in [0.1, 0.15) is 12.8 Å². The maximum Gasteiger partial charge on any atom is 0.249 e. The van der Waals surface area contributed by atoms with Gasteiger partial charge in [-0.25, -0.2) is 0 Å². The Kier molecular flexibility index (Phi) is 4.65. The highest BCUT2D eigenvalue weighted by molar-refractivity contribution is 5.55. The van der Waals surface area contributed by atoms with Gasteiger partial charge in [-0.15, -0.1) is 5.10 Å². The van der Waals surface area contributed by atoms with Crippen molar-refractivity contribution in [3.05, 3.63) is 30.5 Å². The molecule has 1 atom stereocenters. The predicted molar refractivity (Wildman–Crippen MR) is 83.6 cm³/mol. The minimum atomic E-state index is 0.257. The molecular formula is C15H19N5O2. The van der Waals surface area contributed by atoms with Crippen molar-refractivity contribution >= 4 is 17.5 Å². The van der Waals surface area contributed by atoms with Gasteiger partial charge in [0.05, 0.1) is 19.4 Å². The summed E-state index contributed by atoms with van der Waals surface area (Å²) in [6.45, 7) is 1.58. The number of aromatic nitrogens is 3.